The first-order valence-corrected chi connectivity index (χ1v) is 9.84. The highest BCUT2D eigenvalue weighted by Gasteiger charge is 2.15. The van der Waals surface area contributed by atoms with Crippen LogP contribution in [0.1, 0.15) is 25.3 Å². The first-order chi connectivity index (χ1) is 13.1. The molecule has 0 saturated carbocycles. The van der Waals surface area contributed by atoms with Crippen molar-refractivity contribution in [2.75, 3.05) is 6.61 Å². The summed E-state index contributed by atoms with van der Waals surface area (Å²) in [5, 5.41) is 10.2. The Bertz CT molecular complexity index is 937. The van der Waals surface area contributed by atoms with Crippen LogP contribution in [0.15, 0.2) is 63.2 Å². The smallest absolute Gasteiger partial charge is 0.341 e. The van der Waals surface area contributed by atoms with Crippen molar-refractivity contribution in [2.45, 2.75) is 45.6 Å². The van der Waals surface area contributed by atoms with Gasteiger partial charge < -0.3 is 9.84 Å². The Kier molecular flexibility index (Phi) is 6.60. The molecule has 1 unspecified atom stereocenters. The number of aryl methyl sites for hydroxylation is 2. The van der Waals surface area contributed by atoms with Gasteiger partial charge >= 0.3 is 10.6 Å². The maximum Gasteiger partial charge on any atom is 0.341 e. The summed E-state index contributed by atoms with van der Waals surface area (Å²) in [6, 6.07) is 9.84. The lowest BCUT2D eigenvalue weighted by Crippen LogP contribution is -2.31. The largest absolute Gasteiger partial charge is 0.364 e. The van der Waals surface area contributed by atoms with Crippen LogP contribution >= 0.6 is 11.5 Å². The second-order valence-corrected chi connectivity index (χ2v) is 7.50. The summed E-state index contributed by atoms with van der Waals surface area (Å²) < 4.78 is 8.09. The SMILES string of the molecule is CC1=C(C(O)OCCn2c(=O)sn(CCc3ccccc3)c2=O)C=CCC1. The Morgan fingerprint density at radius 3 is 2.74 bits per heavy atom. The third-order valence-electron chi connectivity index (χ3n) is 4.63. The lowest BCUT2D eigenvalue weighted by molar-refractivity contribution is -0.0732. The normalized spacial score (nSPS) is 15.3. The minimum absolute atomic E-state index is 0.0936. The molecule has 1 atom stereocenters. The van der Waals surface area contributed by atoms with E-state index >= 15 is 0 Å². The number of ether oxygens (including phenoxy) is 1. The van der Waals surface area contributed by atoms with Crippen molar-refractivity contribution < 1.29 is 9.84 Å². The van der Waals surface area contributed by atoms with Gasteiger partial charge in [0.05, 0.1) is 13.2 Å². The second-order valence-electron chi connectivity index (χ2n) is 6.53. The van der Waals surface area contributed by atoms with Crippen molar-refractivity contribution in [3.05, 3.63) is 79.3 Å². The van der Waals surface area contributed by atoms with Crippen LogP contribution in [0.2, 0.25) is 0 Å². The molecular weight excluding hydrogens is 364 g/mol. The molecule has 1 aromatic carbocycles. The van der Waals surface area contributed by atoms with Gasteiger partial charge in [0.25, 0.3) is 0 Å². The summed E-state index contributed by atoms with van der Waals surface area (Å²) in [6.45, 7) is 2.66. The fraction of sp³-hybridized carbons (Fsp3) is 0.400. The van der Waals surface area contributed by atoms with Crippen molar-refractivity contribution in [3.63, 3.8) is 0 Å². The number of rotatable bonds is 8. The number of hydrogen-bond acceptors (Lipinski definition) is 5. The summed E-state index contributed by atoms with van der Waals surface area (Å²) in [4.78, 5) is 24.3. The highest BCUT2D eigenvalue weighted by atomic mass is 32.1. The first kappa shape index (κ1) is 19.5. The van der Waals surface area contributed by atoms with Gasteiger partial charge in [0.1, 0.15) is 0 Å². The summed E-state index contributed by atoms with van der Waals surface area (Å²) in [5.41, 5.74) is 2.65. The third kappa shape index (κ3) is 4.94. The lowest BCUT2D eigenvalue weighted by Gasteiger charge is -2.18. The van der Waals surface area contributed by atoms with Gasteiger partial charge in [-0.05, 0) is 31.7 Å². The molecule has 0 radical (unpaired) electrons. The van der Waals surface area contributed by atoms with Crippen LogP contribution in [0.4, 0.5) is 0 Å². The molecule has 1 aliphatic rings. The molecule has 0 spiro atoms. The average molecular weight is 388 g/mol. The second kappa shape index (κ2) is 9.12. The van der Waals surface area contributed by atoms with Crippen LogP contribution in [-0.2, 0) is 24.2 Å². The quantitative estimate of drug-likeness (QED) is 0.705. The molecule has 1 heterocycles. The number of aliphatic hydroxyl groups excluding tert-OH is 1. The molecule has 0 amide bonds. The Labute approximate surface area is 161 Å². The molecule has 0 saturated heterocycles. The van der Waals surface area contributed by atoms with E-state index in [-0.39, 0.29) is 23.7 Å². The number of nitrogens with zero attached hydrogens (tertiary/aromatic N) is 2. The van der Waals surface area contributed by atoms with Crippen molar-refractivity contribution in [2.24, 2.45) is 0 Å². The molecule has 2 aromatic rings. The van der Waals surface area contributed by atoms with Crippen LogP contribution in [-0.4, -0.2) is 26.5 Å². The van der Waals surface area contributed by atoms with E-state index in [0.717, 1.165) is 41.1 Å². The third-order valence-corrected chi connectivity index (χ3v) is 5.57. The summed E-state index contributed by atoms with van der Waals surface area (Å²) in [6.07, 6.45) is 5.41. The van der Waals surface area contributed by atoms with Crippen molar-refractivity contribution >= 4 is 11.5 Å². The van der Waals surface area contributed by atoms with Crippen molar-refractivity contribution in [1.29, 1.82) is 0 Å². The van der Waals surface area contributed by atoms with Gasteiger partial charge in [0.2, 0.25) is 0 Å². The maximum atomic E-state index is 12.4. The van der Waals surface area contributed by atoms with E-state index in [1.807, 2.05) is 49.4 Å². The number of aliphatic hydroxyl groups is 1. The zero-order valence-corrected chi connectivity index (χ0v) is 16.2. The van der Waals surface area contributed by atoms with E-state index in [2.05, 4.69) is 0 Å². The minimum atomic E-state index is -1.03. The van der Waals surface area contributed by atoms with E-state index in [1.54, 1.807) is 0 Å². The summed E-state index contributed by atoms with van der Waals surface area (Å²) in [5.74, 6) is 0. The number of allylic oxidation sites excluding steroid dienone is 2. The molecule has 0 aliphatic heterocycles. The topological polar surface area (TPSA) is 73.5 Å². The average Bonchev–Trinajstić information content (AvgIpc) is 2.95. The molecule has 7 heteroatoms. The van der Waals surface area contributed by atoms with Gasteiger partial charge in [0, 0.05) is 23.7 Å². The van der Waals surface area contributed by atoms with Gasteiger partial charge in [-0.3, -0.25) is 4.79 Å². The van der Waals surface area contributed by atoms with E-state index in [9.17, 15) is 14.7 Å². The number of hydrogen-bond donors (Lipinski definition) is 1. The molecular formula is C20H24N2O4S. The molecule has 1 aromatic heterocycles. The van der Waals surface area contributed by atoms with E-state index in [4.69, 9.17) is 4.74 Å². The number of benzene rings is 1. The number of aromatic nitrogens is 2. The minimum Gasteiger partial charge on any atom is -0.364 e. The van der Waals surface area contributed by atoms with Gasteiger partial charge in [-0.1, -0.05) is 48.1 Å². The first-order valence-electron chi connectivity index (χ1n) is 9.07. The Hall–Kier alpha value is -2.22. The molecule has 0 bridgehead atoms. The molecule has 6 nitrogen and oxygen atoms in total. The Morgan fingerprint density at radius 2 is 2.00 bits per heavy atom. The van der Waals surface area contributed by atoms with Crippen molar-refractivity contribution in [1.82, 2.24) is 8.52 Å². The Balaban J connectivity index is 1.58. The van der Waals surface area contributed by atoms with E-state index in [0.29, 0.717) is 13.0 Å². The van der Waals surface area contributed by atoms with Crippen LogP contribution in [0.5, 0.6) is 0 Å². The van der Waals surface area contributed by atoms with Crippen LogP contribution in [0.3, 0.4) is 0 Å². The molecule has 27 heavy (non-hydrogen) atoms. The molecule has 3 rings (SSSR count). The fourth-order valence-corrected chi connectivity index (χ4v) is 3.85. The molecule has 1 aliphatic carbocycles. The van der Waals surface area contributed by atoms with E-state index in [1.165, 1.54) is 8.52 Å². The summed E-state index contributed by atoms with van der Waals surface area (Å²) >= 11 is 0.921. The van der Waals surface area contributed by atoms with E-state index < -0.39 is 6.29 Å². The Morgan fingerprint density at radius 1 is 1.22 bits per heavy atom. The van der Waals surface area contributed by atoms with Crippen molar-refractivity contribution in [3.8, 4) is 0 Å². The molecule has 0 fully saturated rings. The molecule has 144 valence electrons. The summed E-state index contributed by atoms with van der Waals surface area (Å²) in [7, 11) is 0. The van der Waals surface area contributed by atoms with Crippen LogP contribution in [0, 0.1) is 0 Å². The highest BCUT2D eigenvalue weighted by Crippen LogP contribution is 2.21. The van der Waals surface area contributed by atoms with Gasteiger partial charge in [-0.2, -0.15) is 0 Å². The maximum absolute atomic E-state index is 12.4. The van der Waals surface area contributed by atoms with Gasteiger partial charge in [0.15, 0.2) is 6.29 Å². The predicted molar refractivity (Wildman–Crippen MR) is 106 cm³/mol. The highest BCUT2D eigenvalue weighted by molar-refractivity contribution is 7.03. The molecule has 1 N–H and O–H groups in total. The predicted octanol–water partition coefficient (Wildman–Crippen LogP) is 2.32. The monoisotopic (exact) mass is 388 g/mol. The van der Waals surface area contributed by atoms with Gasteiger partial charge in [-0.15, -0.1) is 0 Å². The van der Waals surface area contributed by atoms with Crippen LogP contribution in [0.25, 0.3) is 0 Å². The zero-order valence-electron chi connectivity index (χ0n) is 15.3. The fourth-order valence-electron chi connectivity index (χ4n) is 3.03. The standard InChI is InChI=1S/C20H24N2O4S/c1-15-7-5-6-10-17(15)18(23)26-14-13-21-19(24)22(27-20(21)25)12-11-16-8-3-2-4-9-16/h2-4,6,8-10,18,23H,5,7,11-14H2,1H3. The van der Waals surface area contributed by atoms with Crippen LogP contribution < -0.4 is 10.6 Å². The lowest BCUT2D eigenvalue weighted by atomic mass is 9.99. The van der Waals surface area contributed by atoms with Gasteiger partial charge in [-0.25, -0.2) is 13.3 Å². The zero-order chi connectivity index (χ0) is 19.2.